The van der Waals surface area contributed by atoms with E-state index in [2.05, 4.69) is 10.4 Å². The van der Waals surface area contributed by atoms with Crippen LogP contribution in [0.4, 0.5) is 13.2 Å². The van der Waals surface area contributed by atoms with Gasteiger partial charge in [-0.05, 0) is 25.8 Å². The van der Waals surface area contributed by atoms with E-state index >= 15 is 0 Å². The van der Waals surface area contributed by atoms with Crippen molar-refractivity contribution in [3.05, 3.63) is 17.0 Å². The van der Waals surface area contributed by atoms with Crippen molar-refractivity contribution in [2.45, 2.75) is 52.8 Å². The van der Waals surface area contributed by atoms with Gasteiger partial charge >= 0.3 is 6.18 Å². The number of hydrogen-bond acceptors (Lipinski definition) is 2. The van der Waals surface area contributed by atoms with E-state index in [1.807, 2.05) is 20.8 Å². The molecule has 0 aromatic carbocycles. The number of alkyl halides is 3. The Bertz CT molecular complexity index is 466. The lowest BCUT2D eigenvalue weighted by Gasteiger charge is -2.08. The molecule has 1 aromatic rings. The van der Waals surface area contributed by atoms with Crippen molar-refractivity contribution in [3.63, 3.8) is 0 Å². The molecule has 7 heteroatoms. The Morgan fingerprint density at radius 1 is 1.35 bits per heavy atom. The largest absolute Gasteiger partial charge is 0.389 e. The zero-order valence-corrected chi connectivity index (χ0v) is 12.0. The first-order valence-corrected chi connectivity index (χ1v) is 6.61. The summed E-state index contributed by atoms with van der Waals surface area (Å²) in [6.45, 7) is 6.65. The Balaban J connectivity index is 2.39. The predicted octanol–water partition coefficient (Wildman–Crippen LogP) is 2.52. The number of aromatic nitrogens is 2. The van der Waals surface area contributed by atoms with Crippen LogP contribution in [0, 0.1) is 13.8 Å². The molecule has 0 saturated carbocycles. The first-order chi connectivity index (χ1) is 9.24. The van der Waals surface area contributed by atoms with Crippen LogP contribution in [-0.4, -0.2) is 28.4 Å². The topological polar surface area (TPSA) is 46.9 Å². The zero-order chi connectivity index (χ0) is 15.3. The molecule has 1 heterocycles. The molecule has 1 rings (SSSR count). The number of nitrogens with one attached hydrogen (secondary N) is 1. The summed E-state index contributed by atoms with van der Waals surface area (Å²) in [5.41, 5.74) is 3.16. The van der Waals surface area contributed by atoms with Crippen molar-refractivity contribution in [3.8, 4) is 0 Å². The van der Waals surface area contributed by atoms with Crippen molar-refractivity contribution in [2.75, 3.05) is 6.54 Å². The minimum absolute atomic E-state index is 0.280. The molecule has 0 fully saturated rings. The third-order valence-corrected chi connectivity index (χ3v) is 3.17. The van der Waals surface area contributed by atoms with Gasteiger partial charge in [0.2, 0.25) is 5.91 Å². The first kappa shape index (κ1) is 16.5. The smallest absolute Gasteiger partial charge is 0.354 e. The monoisotopic (exact) mass is 291 g/mol. The summed E-state index contributed by atoms with van der Waals surface area (Å²) < 4.78 is 37.6. The highest BCUT2D eigenvalue weighted by Gasteiger charge is 2.27. The van der Waals surface area contributed by atoms with Gasteiger partial charge in [-0.15, -0.1) is 0 Å². The van der Waals surface area contributed by atoms with E-state index in [0.29, 0.717) is 6.54 Å². The second-order valence-electron chi connectivity index (χ2n) is 4.69. The van der Waals surface area contributed by atoms with Gasteiger partial charge in [0.25, 0.3) is 0 Å². The Hall–Kier alpha value is -1.53. The minimum atomic E-state index is -4.29. The maximum Gasteiger partial charge on any atom is 0.389 e. The Labute approximate surface area is 116 Å². The Morgan fingerprint density at radius 3 is 2.50 bits per heavy atom. The highest BCUT2D eigenvalue weighted by Crippen LogP contribution is 2.20. The standard InChI is InChI=1S/C13H20F3N3O/c1-4-11-9(2)18-19(10(11)3)8-7-17-12(20)5-6-13(14,15)16/h4-8H2,1-3H3,(H,17,20). The van der Waals surface area contributed by atoms with Crippen LogP contribution in [0.3, 0.4) is 0 Å². The fourth-order valence-electron chi connectivity index (χ4n) is 2.11. The van der Waals surface area contributed by atoms with E-state index in [0.717, 1.165) is 17.8 Å². The molecule has 1 amide bonds. The summed E-state index contributed by atoms with van der Waals surface area (Å²) in [6, 6.07) is 0. The lowest BCUT2D eigenvalue weighted by Crippen LogP contribution is -2.28. The Morgan fingerprint density at radius 2 is 2.00 bits per heavy atom. The third-order valence-electron chi connectivity index (χ3n) is 3.17. The molecule has 0 aliphatic carbocycles. The van der Waals surface area contributed by atoms with Gasteiger partial charge in [0, 0.05) is 18.7 Å². The molecule has 20 heavy (non-hydrogen) atoms. The van der Waals surface area contributed by atoms with Crippen LogP contribution < -0.4 is 5.32 Å². The number of halogens is 3. The van der Waals surface area contributed by atoms with Crippen LogP contribution >= 0.6 is 0 Å². The van der Waals surface area contributed by atoms with Crippen LogP contribution in [0.5, 0.6) is 0 Å². The summed E-state index contributed by atoms with van der Waals surface area (Å²) >= 11 is 0. The normalized spacial score (nSPS) is 11.7. The Kier molecular flexibility index (Phi) is 5.59. The van der Waals surface area contributed by atoms with Crippen molar-refractivity contribution in [2.24, 2.45) is 0 Å². The molecule has 0 saturated heterocycles. The predicted molar refractivity (Wildman–Crippen MR) is 69.4 cm³/mol. The van der Waals surface area contributed by atoms with Gasteiger partial charge in [0.15, 0.2) is 0 Å². The molecule has 0 atom stereocenters. The van der Waals surface area contributed by atoms with Crippen LogP contribution in [0.15, 0.2) is 0 Å². The van der Waals surface area contributed by atoms with Gasteiger partial charge in [-0.2, -0.15) is 18.3 Å². The molecule has 4 nitrogen and oxygen atoms in total. The fourth-order valence-corrected chi connectivity index (χ4v) is 2.11. The zero-order valence-electron chi connectivity index (χ0n) is 12.0. The molecular formula is C13H20F3N3O. The molecule has 114 valence electrons. The third kappa shape index (κ3) is 4.86. The summed E-state index contributed by atoms with van der Waals surface area (Å²) in [4.78, 5) is 11.3. The van der Waals surface area contributed by atoms with Crippen LogP contribution in [0.25, 0.3) is 0 Å². The van der Waals surface area contributed by atoms with E-state index in [-0.39, 0.29) is 6.54 Å². The molecular weight excluding hydrogens is 271 g/mol. The fraction of sp³-hybridized carbons (Fsp3) is 0.692. The van der Waals surface area contributed by atoms with E-state index < -0.39 is 24.9 Å². The highest BCUT2D eigenvalue weighted by atomic mass is 19.4. The average molecular weight is 291 g/mol. The number of carbonyl (C=O) groups is 1. The van der Waals surface area contributed by atoms with Crippen molar-refractivity contribution in [1.82, 2.24) is 15.1 Å². The molecule has 0 unspecified atom stereocenters. The van der Waals surface area contributed by atoms with Gasteiger partial charge in [-0.3, -0.25) is 9.48 Å². The number of aryl methyl sites for hydroxylation is 1. The number of rotatable bonds is 6. The first-order valence-electron chi connectivity index (χ1n) is 6.61. The van der Waals surface area contributed by atoms with Crippen LogP contribution in [-0.2, 0) is 17.8 Å². The molecule has 0 aliphatic heterocycles. The van der Waals surface area contributed by atoms with E-state index in [4.69, 9.17) is 0 Å². The van der Waals surface area contributed by atoms with Gasteiger partial charge in [0.05, 0.1) is 18.7 Å². The van der Waals surface area contributed by atoms with Crippen LogP contribution in [0.1, 0.15) is 36.7 Å². The van der Waals surface area contributed by atoms with Crippen molar-refractivity contribution >= 4 is 5.91 Å². The summed E-state index contributed by atoms with van der Waals surface area (Å²) in [7, 11) is 0. The SMILES string of the molecule is CCc1c(C)nn(CCNC(=O)CCC(F)(F)F)c1C. The van der Waals surface area contributed by atoms with Gasteiger partial charge < -0.3 is 5.32 Å². The van der Waals surface area contributed by atoms with Crippen molar-refractivity contribution < 1.29 is 18.0 Å². The second-order valence-corrected chi connectivity index (χ2v) is 4.69. The van der Waals surface area contributed by atoms with Gasteiger partial charge in [-0.25, -0.2) is 0 Å². The molecule has 0 radical (unpaired) electrons. The summed E-state index contributed by atoms with van der Waals surface area (Å²) in [6.07, 6.45) is -5.02. The molecule has 0 spiro atoms. The molecule has 1 aromatic heterocycles. The maximum atomic E-state index is 11.9. The van der Waals surface area contributed by atoms with Gasteiger partial charge in [0.1, 0.15) is 0 Å². The van der Waals surface area contributed by atoms with Crippen LogP contribution in [0.2, 0.25) is 0 Å². The summed E-state index contributed by atoms with van der Waals surface area (Å²) in [5, 5.41) is 6.83. The second kappa shape index (κ2) is 6.76. The number of amides is 1. The van der Waals surface area contributed by atoms with E-state index in [1.54, 1.807) is 4.68 Å². The van der Waals surface area contributed by atoms with E-state index in [1.165, 1.54) is 5.56 Å². The minimum Gasteiger partial charge on any atom is -0.354 e. The van der Waals surface area contributed by atoms with Gasteiger partial charge in [-0.1, -0.05) is 6.92 Å². The lowest BCUT2D eigenvalue weighted by atomic mass is 10.1. The van der Waals surface area contributed by atoms with E-state index in [9.17, 15) is 18.0 Å². The van der Waals surface area contributed by atoms with Crippen molar-refractivity contribution in [1.29, 1.82) is 0 Å². The highest BCUT2D eigenvalue weighted by molar-refractivity contribution is 5.75. The summed E-state index contributed by atoms with van der Waals surface area (Å²) in [5.74, 6) is -0.584. The number of nitrogens with zero attached hydrogens (tertiary/aromatic N) is 2. The maximum absolute atomic E-state index is 11.9. The quantitative estimate of drug-likeness (QED) is 0.875. The lowest BCUT2D eigenvalue weighted by molar-refractivity contribution is -0.144. The molecule has 0 bridgehead atoms. The number of hydrogen-bond donors (Lipinski definition) is 1. The molecule has 1 N–H and O–H groups in total. The number of carbonyl (C=O) groups excluding carboxylic acids is 1. The molecule has 0 aliphatic rings. The average Bonchev–Trinajstić information content (AvgIpc) is 2.61.